The van der Waals surface area contributed by atoms with Crippen LogP contribution in [0.5, 0.6) is 0 Å². The highest BCUT2D eigenvalue weighted by atomic mass is 35.5. The van der Waals surface area contributed by atoms with Crippen molar-refractivity contribution in [2.75, 3.05) is 5.88 Å². The number of carbonyl (C=O) groups is 1. The van der Waals surface area contributed by atoms with Crippen LogP contribution in [-0.4, -0.2) is 17.3 Å². The molecule has 1 fully saturated rings. The third-order valence-corrected chi connectivity index (χ3v) is 4.54. The van der Waals surface area contributed by atoms with Gasteiger partial charge >= 0.3 is 0 Å². The molecule has 0 atom stereocenters. The van der Waals surface area contributed by atoms with E-state index in [0.29, 0.717) is 5.88 Å². The van der Waals surface area contributed by atoms with Gasteiger partial charge in [-0.05, 0) is 38.3 Å². The molecule has 0 saturated heterocycles. The van der Waals surface area contributed by atoms with Crippen LogP contribution in [0.1, 0.15) is 33.0 Å². The Morgan fingerprint density at radius 2 is 2.27 bits per heavy atom. The monoisotopic (exact) mass is 243 g/mol. The van der Waals surface area contributed by atoms with E-state index in [4.69, 9.17) is 11.6 Å². The molecule has 1 heterocycles. The first-order valence-electron chi connectivity index (χ1n) is 5.02. The van der Waals surface area contributed by atoms with Crippen LogP contribution in [0, 0.1) is 13.8 Å². The lowest BCUT2D eigenvalue weighted by molar-refractivity contribution is 0.0940. The molecule has 1 aromatic rings. The normalized spacial score (nSPS) is 17.5. The van der Waals surface area contributed by atoms with Crippen molar-refractivity contribution in [2.45, 2.75) is 32.2 Å². The van der Waals surface area contributed by atoms with Gasteiger partial charge in [0.05, 0.1) is 10.4 Å². The Bertz CT molecular complexity index is 376. The smallest absolute Gasteiger partial charge is 0.261 e. The van der Waals surface area contributed by atoms with E-state index >= 15 is 0 Å². The molecule has 1 saturated carbocycles. The van der Waals surface area contributed by atoms with Crippen LogP contribution >= 0.6 is 22.9 Å². The van der Waals surface area contributed by atoms with Crippen LogP contribution in [0.4, 0.5) is 0 Å². The fraction of sp³-hybridized carbons (Fsp3) is 0.545. The van der Waals surface area contributed by atoms with Crippen molar-refractivity contribution in [3.63, 3.8) is 0 Å². The highest BCUT2D eigenvalue weighted by Crippen LogP contribution is 2.37. The molecule has 1 amide bonds. The Morgan fingerprint density at radius 3 is 2.67 bits per heavy atom. The van der Waals surface area contributed by atoms with Gasteiger partial charge in [0.2, 0.25) is 0 Å². The Kier molecular flexibility index (Phi) is 2.77. The molecule has 4 heteroatoms. The van der Waals surface area contributed by atoms with Crippen LogP contribution < -0.4 is 5.32 Å². The lowest BCUT2D eigenvalue weighted by Gasteiger charge is -2.12. The van der Waals surface area contributed by atoms with Crippen LogP contribution in [0.2, 0.25) is 0 Å². The minimum Gasteiger partial charge on any atom is -0.345 e. The van der Waals surface area contributed by atoms with Gasteiger partial charge < -0.3 is 5.32 Å². The van der Waals surface area contributed by atoms with Gasteiger partial charge in [0.15, 0.2) is 0 Å². The lowest BCUT2D eigenvalue weighted by atomic mass is 10.2. The molecule has 1 aliphatic carbocycles. The molecular formula is C11H14ClNOS. The quantitative estimate of drug-likeness (QED) is 0.813. The van der Waals surface area contributed by atoms with Crippen molar-refractivity contribution in [3.05, 3.63) is 21.4 Å². The first kappa shape index (κ1) is 11.0. The molecule has 82 valence electrons. The van der Waals surface area contributed by atoms with Crippen LogP contribution in [0.3, 0.4) is 0 Å². The molecule has 0 aromatic carbocycles. The van der Waals surface area contributed by atoms with E-state index in [1.54, 1.807) is 11.3 Å². The van der Waals surface area contributed by atoms with Gasteiger partial charge in [-0.15, -0.1) is 22.9 Å². The van der Waals surface area contributed by atoms with Crippen LogP contribution in [0.15, 0.2) is 6.07 Å². The van der Waals surface area contributed by atoms with E-state index in [-0.39, 0.29) is 11.4 Å². The summed E-state index contributed by atoms with van der Waals surface area (Å²) in [6.07, 6.45) is 2.01. The second kappa shape index (κ2) is 3.80. The third kappa shape index (κ3) is 2.18. The summed E-state index contributed by atoms with van der Waals surface area (Å²) in [5.74, 6) is 0.538. The number of alkyl halides is 1. The highest BCUT2D eigenvalue weighted by molar-refractivity contribution is 7.14. The van der Waals surface area contributed by atoms with Gasteiger partial charge in [-0.1, -0.05) is 0 Å². The summed E-state index contributed by atoms with van der Waals surface area (Å²) in [5, 5.41) is 3.01. The first-order valence-corrected chi connectivity index (χ1v) is 6.37. The van der Waals surface area contributed by atoms with E-state index in [0.717, 1.165) is 17.7 Å². The zero-order valence-electron chi connectivity index (χ0n) is 8.89. The summed E-state index contributed by atoms with van der Waals surface area (Å²) in [7, 11) is 0. The summed E-state index contributed by atoms with van der Waals surface area (Å²) in [4.78, 5) is 13.9. The minimum atomic E-state index is -0.107. The van der Waals surface area contributed by atoms with Gasteiger partial charge in [-0.3, -0.25) is 4.79 Å². The van der Waals surface area contributed by atoms with Crippen molar-refractivity contribution in [3.8, 4) is 0 Å². The third-order valence-electron chi connectivity index (χ3n) is 2.88. The molecule has 0 bridgehead atoms. The number of hydrogen-bond acceptors (Lipinski definition) is 2. The molecule has 15 heavy (non-hydrogen) atoms. The molecule has 2 rings (SSSR count). The number of halogens is 1. The summed E-state index contributed by atoms with van der Waals surface area (Å²) in [6.45, 7) is 4.06. The molecule has 2 nitrogen and oxygen atoms in total. The maximum absolute atomic E-state index is 11.9. The number of hydrogen-bond donors (Lipinski definition) is 1. The number of amides is 1. The average Bonchev–Trinajstić information content (AvgIpc) is 2.89. The Balaban J connectivity index is 2.08. The number of nitrogens with one attached hydrogen (secondary N) is 1. The minimum absolute atomic E-state index is 0.0225. The van der Waals surface area contributed by atoms with E-state index in [9.17, 15) is 4.79 Å². The Hall–Kier alpha value is -0.540. The fourth-order valence-electron chi connectivity index (χ4n) is 1.43. The summed E-state index contributed by atoms with van der Waals surface area (Å²) in [6, 6.07) is 1.94. The largest absolute Gasteiger partial charge is 0.345 e. The second-order valence-electron chi connectivity index (χ2n) is 4.22. The Labute approximate surface area is 98.6 Å². The maximum Gasteiger partial charge on any atom is 0.261 e. The fourth-order valence-corrected chi connectivity index (χ4v) is 2.69. The molecular weight excluding hydrogens is 230 g/mol. The van der Waals surface area contributed by atoms with Crippen molar-refractivity contribution in [2.24, 2.45) is 0 Å². The van der Waals surface area contributed by atoms with Gasteiger partial charge in [0, 0.05) is 10.8 Å². The summed E-state index contributed by atoms with van der Waals surface area (Å²) in [5.41, 5.74) is 1.07. The maximum atomic E-state index is 11.9. The number of rotatable bonds is 3. The summed E-state index contributed by atoms with van der Waals surface area (Å²) >= 11 is 7.36. The van der Waals surface area contributed by atoms with E-state index in [2.05, 4.69) is 5.32 Å². The topological polar surface area (TPSA) is 29.1 Å². The van der Waals surface area contributed by atoms with Crippen LogP contribution in [-0.2, 0) is 0 Å². The predicted octanol–water partition coefficient (Wildman–Crippen LogP) is 2.87. The Morgan fingerprint density at radius 1 is 1.60 bits per heavy atom. The van der Waals surface area contributed by atoms with Gasteiger partial charge in [-0.25, -0.2) is 0 Å². The highest BCUT2D eigenvalue weighted by Gasteiger charge is 2.43. The number of thiophene rings is 1. The van der Waals surface area contributed by atoms with Crippen molar-refractivity contribution in [1.29, 1.82) is 0 Å². The van der Waals surface area contributed by atoms with Crippen molar-refractivity contribution in [1.82, 2.24) is 5.32 Å². The van der Waals surface area contributed by atoms with Gasteiger partial charge in [-0.2, -0.15) is 0 Å². The van der Waals surface area contributed by atoms with Crippen molar-refractivity contribution < 1.29 is 4.79 Å². The SMILES string of the molecule is Cc1cc(C(=O)NC2(CCl)CC2)sc1C. The molecule has 1 aromatic heterocycles. The molecule has 0 aliphatic heterocycles. The zero-order valence-corrected chi connectivity index (χ0v) is 10.5. The van der Waals surface area contributed by atoms with E-state index < -0.39 is 0 Å². The zero-order chi connectivity index (χ0) is 11.1. The van der Waals surface area contributed by atoms with Gasteiger partial charge in [0.25, 0.3) is 5.91 Å². The molecule has 1 aliphatic rings. The second-order valence-corrected chi connectivity index (χ2v) is 5.74. The number of carbonyl (C=O) groups excluding carboxylic acids is 1. The molecule has 0 radical (unpaired) electrons. The standard InChI is InChI=1S/C11H14ClNOS/c1-7-5-9(15-8(7)2)10(14)13-11(6-12)3-4-11/h5H,3-4,6H2,1-2H3,(H,13,14). The summed E-state index contributed by atoms with van der Waals surface area (Å²) < 4.78 is 0. The first-order chi connectivity index (χ1) is 7.06. The average molecular weight is 244 g/mol. The number of aryl methyl sites for hydroxylation is 2. The lowest BCUT2D eigenvalue weighted by Crippen LogP contribution is -2.37. The van der Waals surface area contributed by atoms with E-state index in [1.807, 2.05) is 19.9 Å². The molecule has 0 unspecified atom stereocenters. The van der Waals surface area contributed by atoms with Gasteiger partial charge in [0.1, 0.15) is 0 Å². The van der Waals surface area contributed by atoms with E-state index in [1.165, 1.54) is 10.4 Å². The molecule has 0 spiro atoms. The molecule has 1 N–H and O–H groups in total. The van der Waals surface area contributed by atoms with Crippen LogP contribution in [0.25, 0.3) is 0 Å². The van der Waals surface area contributed by atoms with Crippen molar-refractivity contribution >= 4 is 28.8 Å². The predicted molar refractivity (Wildman–Crippen MR) is 63.9 cm³/mol.